The predicted octanol–water partition coefficient (Wildman–Crippen LogP) is 3.65. The molecule has 0 aliphatic heterocycles. The van der Waals surface area contributed by atoms with Crippen LogP contribution < -0.4 is 5.73 Å². The Hall–Kier alpha value is -2.20. The molecule has 0 rings (SSSR count). The summed E-state index contributed by atoms with van der Waals surface area (Å²) in [5, 5.41) is 0. The summed E-state index contributed by atoms with van der Waals surface area (Å²) in [7, 11) is 0. The molecule has 0 saturated carbocycles. The van der Waals surface area contributed by atoms with Crippen molar-refractivity contribution in [3.05, 3.63) is 72.5 Å². The van der Waals surface area contributed by atoms with Crippen molar-refractivity contribution in [3.63, 3.8) is 0 Å². The first-order valence-electron chi connectivity index (χ1n) is 5.36. The number of hydrogen-bond acceptors (Lipinski definition) is 1. The Morgan fingerprint density at radius 2 is 2.12 bits per heavy atom. The van der Waals surface area contributed by atoms with E-state index in [1.165, 1.54) is 0 Å². The van der Waals surface area contributed by atoms with Gasteiger partial charge in [0.25, 0.3) is 0 Å². The summed E-state index contributed by atoms with van der Waals surface area (Å²) in [4.78, 5) is 0. The first-order chi connectivity index (χ1) is 8.15. The van der Waals surface area contributed by atoms with E-state index in [4.69, 9.17) is 12.2 Å². The zero-order valence-electron chi connectivity index (χ0n) is 10.3. The normalized spacial score (nSPS) is 12.9. The van der Waals surface area contributed by atoms with Gasteiger partial charge in [0.05, 0.1) is 0 Å². The van der Waals surface area contributed by atoms with Crippen molar-refractivity contribution in [2.75, 3.05) is 0 Å². The van der Waals surface area contributed by atoms with Crippen LogP contribution >= 0.6 is 0 Å². The van der Waals surface area contributed by atoms with Crippen molar-refractivity contribution in [2.24, 2.45) is 5.73 Å². The average molecular weight is 225 g/mol. The van der Waals surface area contributed by atoms with Crippen LogP contribution in [0.2, 0.25) is 0 Å². The number of rotatable bonds is 6. The molecule has 0 aliphatic rings. The largest absolute Gasteiger partial charge is 0.402 e. The molecule has 0 radical (unpaired) electrons. The molecule has 0 saturated heterocycles. The Labute approximate surface area is 104 Å². The van der Waals surface area contributed by atoms with Gasteiger partial charge in [-0.3, -0.25) is 0 Å². The minimum absolute atomic E-state index is 0.621. The minimum Gasteiger partial charge on any atom is -0.402 e. The maximum absolute atomic E-state index is 5.86. The van der Waals surface area contributed by atoms with Crippen molar-refractivity contribution in [1.82, 2.24) is 0 Å². The lowest BCUT2D eigenvalue weighted by atomic mass is 10.0. The lowest BCUT2D eigenvalue weighted by molar-refractivity contribution is 1.10. The van der Waals surface area contributed by atoms with Gasteiger partial charge in [0.2, 0.25) is 0 Å². The Kier molecular flexibility index (Phi) is 7.88. The van der Waals surface area contributed by atoms with Crippen LogP contribution in [0.5, 0.6) is 0 Å². The van der Waals surface area contributed by atoms with E-state index >= 15 is 0 Å². The topological polar surface area (TPSA) is 26.0 Å². The first-order valence-corrected chi connectivity index (χ1v) is 5.36. The summed E-state index contributed by atoms with van der Waals surface area (Å²) < 4.78 is 0. The molecular formula is C16H19N. The van der Waals surface area contributed by atoms with E-state index in [-0.39, 0.29) is 0 Å². The van der Waals surface area contributed by atoms with Crippen LogP contribution in [0.3, 0.4) is 0 Å². The average Bonchev–Trinajstić information content (AvgIpc) is 2.30. The van der Waals surface area contributed by atoms with Crippen LogP contribution in [0.15, 0.2) is 72.5 Å². The third-order valence-corrected chi connectivity index (χ3v) is 2.05. The molecule has 0 fully saturated rings. The summed E-state index contributed by atoms with van der Waals surface area (Å²) in [5.74, 6) is 2.45. The van der Waals surface area contributed by atoms with E-state index in [9.17, 15) is 0 Å². The molecule has 1 heteroatoms. The Balaban J connectivity index is 4.59. The van der Waals surface area contributed by atoms with Crippen molar-refractivity contribution in [1.29, 1.82) is 0 Å². The van der Waals surface area contributed by atoms with Crippen molar-refractivity contribution >= 4 is 0 Å². The Morgan fingerprint density at radius 3 is 2.65 bits per heavy atom. The first kappa shape index (κ1) is 14.8. The fourth-order valence-electron chi connectivity index (χ4n) is 1.22. The van der Waals surface area contributed by atoms with Gasteiger partial charge in [-0.15, -0.1) is 6.42 Å². The fourth-order valence-corrected chi connectivity index (χ4v) is 1.22. The van der Waals surface area contributed by atoms with Gasteiger partial charge in [-0.05, 0) is 36.3 Å². The van der Waals surface area contributed by atoms with Crippen LogP contribution in [0.4, 0.5) is 0 Å². The van der Waals surface area contributed by atoms with Gasteiger partial charge in [0.15, 0.2) is 0 Å². The van der Waals surface area contributed by atoms with Gasteiger partial charge in [-0.25, -0.2) is 0 Å². The van der Waals surface area contributed by atoms with E-state index in [1.807, 2.05) is 37.3 Å². The quantitative estimate of drug-likeness (QED) is 0.542. The molecule has 0 aromatic rings. The van der Waals surface area contributed by atoms with Gasteiger partial charge in [-0.1, -0.05) is 43.4 Å². The maximum atomic E-state index is 5.86. The molecule has 2 N–H and O–H groups in total. The maximum Gasteiger partial charge on any atom is 0.0125 e. The lowest BCUT2D eigenvalue weighted by Gasteiger charge is -2.06. The lowest BCUT2D eigenvalue weighted by Crippen LogP contribution is -1.99. The molecule has 88 valence electrons. The molecule has 17 heavy (non-hydrogen) atoms. The van der Waals surface area contributed by atoms with Crippen LogP contribution in [-0.4, -0.2) is 0 Å². The van der Waals surface area contributed by atoms with Crippen LogP contribution in [0.25, 0.3) is 0 Å². The summed E-state index contributed by atoms with van der Waals surface area (Å²) in [5.41, 5.74) is 8.56. The number of nitrogens with two attached hydrogens (primary N) is 1. The van der Waals surface area contributed by atoms with E-state index in [2.05, 4.69) is 19.1 Å². The summed E-state index contributed by atoms with van der Waals surface area (Å²) in [6.07, 6.45) is 18.5. The third kappa shape index (κ3) is 6.81. The van der Waals surface area contributed by atoms with Gasteiger partial charge >= 0.3 is 0 Å². The standard InChI is InChI=1S/C16H19N/c1-5-8-10-12-16(17)13-14(4)15(7-3)11-9-6-2/h2,5,7-12H,1,4,13,17H2,3H3/b10-8-,11-9-,15-7+,16-12+. The highest BCUT2D eigenvalue weighted by Gasteiger charge is 1.99. The molecule has 0 spiro atoms. The van der Waals surface area contributed by atoms with Crippen LogP contribution in [-0.2, 0) is 0 Å². The number of allylic oxidation sites excluding steroid dienone is 9. The molecular weight excluding hydrogens is 206 g/mol. The van der Waals surface area contributed by atoms with Crippen molar-refractivity contribution in [2.45, 2.75) is 13.3 Å². The van der Waals surface area contributed by atoms with Crippen molar-refractivity contribution < 1.29 is 0 Å². The molecule has 0 bridgehead atoms. The zero-order chi connectivity index (χ0) is 13.1. The second-order valence-corrected chi connectivity index (χ2v) is 3.39. The van der Waals surface area contributed by atoms with Crippen LogP contribution in [0, 0.1) is 12.3 Å². The molecule has 1 nitrogen and oxygen atoms in total. The van der Waals surface area contributed by atoms with Gasteiger partial charge in [0, 0.05) is 12.1 Å². The monoisotopic (exact) mass is 225 g/mol. The molecule has 0 unspecified atom stereocenters. The van der Waals surface area contributed by atoms with Gasteiger partial charge < -0.3 is 5.73 Å². The smallest absolute Gasteiger partial charge is 0.0125 e. The highest BCUT2D eigenvalue weighted by atomic mass is 14.6. The van der Waals surface area contributed by atoms with E-state index < -0.39 is 0 Å². The summed E-state index contributed by atoms with van der Waals surface area (Å²) in [6, 6.07) is 0. The molecule has 0 aromatic carbocycles. The van der Waals surface area contributed by atoms with E-state index in [0.29, 0.717) is 6.42 Å². The highest BCUT2D eigenvalue weighted by Crippen LogP contribution is 2.16. The van der Waals surface area contributed by atoms with E-state index in [1.54, 1.807) is 12.2 Å². The molecule has 0 amide bonds. The number of hydrogen-bond donors (Lipinski definition) is 1. The molecule has 0 aliphatic carbocycles. The zero-order valence-corrected chi connectivity index (χ0v) is 10.3. The number of terminal acetylenes is 1. The fraction of sp³-hybridized carbons (Fsp3) is 0.125. The second-order valence-electron chi connectivity index (χ2n) is 3.39. The van der Waals surface area contributed by atoms with Crippen molar-refractivity contribution in [3.8, 4) is 12.3 Å². The SMILES string of the molecule is C#C/C=C\C(=C/C)C(=C)C/C(N)=C\C=C/C=C. The van der Waals surface area contributed by atoms with Crippen LogP contribution in [0.1, 0.15) is 13.3 Å². The van der Waals surface area contributed by atoms with Gasteiger partial charge in [0.1, 0.15) is 0 Å². The van der Waals surface area contributed by atoms with E-state index in [0.717, 1.165) is 16.8 Å². The Morgan fingerprint density at radius 1 is 1.41 bits per heavy atom. The minimum atomic E-state index is 0.621. The van der Waals surface area contributed by atoms with Gasteiger partial charge in [-0.2, -0.15) is 0 Å². The second kappa shape index (κ2) is 9.06. The Bertz CT molecular complexity index is 423. The molecule has 0 atom stereocenters. The summed E-state index contributed by atoms with van der Waals surface area (Å²) in [6.45, 7) is 9.52. The summed E-state index contributed by atoms with van der Waals surface area (Å²) >= 11 is 0. The highest BCUT2D eigenvalue weighted by molar-refractivity contribution is 5.41. The third-order valence-electron chi connectivity index (χ3n) is 2.05. The molecule has 0 aromatic heterocycles. The predicted molar refractivity (Wildman–Crippen MR) is 77.1 cm³/mol. The molecule has 0 heterocycles.